The van der Waals surface area contributed by atoms with Gasteiger partial charge in [-0.2, -0.15) is 0 Å². The first-order valence-corrected chi connectivity index (χ1v) is 16.2. The Hall–Kier alpha value is -4.93. The second kappa shape index (κ2) is 12.7. The first-order valence-electron chi connectivity index (χ1n) is 16.2. The van der Waals surface area contributed by atoms with Gasteiger partial charge in [-0.1, -0.05) is 36.4 Å². The maximum Gasteiger partial charge on any atom is 0.410 e. The number of likely N-dealkylation sites (tertiary alicyclic amines) is 1. The highest BCUT2D eigenvalue weighted by Crippen LogP contribution is 2.47. The number of nitrogens with one attached hydrogen (secondary N) is 2. The fourth-order valence-corrected chi connectivity index (χ4v) is 6.75. The molecule has 3 aromatic rings. The van der Waals surface area contributed by atoms with Crippen LogP contribution in [0.15, 0.2) is 60.8 Å². The summed E-state index contributed by atoms with van der Waals surface area (Å²) in [5.41, 5.74) is 3.97. The molecule has 2 aliphatic heterocycles. The highest BCUT2D eigenvalue weighted by atomic mass is 16.6. The SMILES string of the molecule is CN(Cc1ccccc1CN(CC(=O)Nc1ccc2c(c1)CC1(C2)C(=O)Nc2ncccc21)C(=O)N1CCCC1)C(=O)OC(C)(C)C. The van der Waals surface area contributed by atoms with Crippen molar-refractivity contribution in [3.8, 4) is 0 Å². The smallest absolute Gasteiger partial charge is 0.410 e. The van der Waals surface area contributed by atoms with E-state index in [-0.39, 0.29) is 37.5 Å². The number of aromatic nitrogens is 1. The molecule has 1 atom stereocenters. The van der Waals surface area contributed by atoms with Crippen LogP contribution in [0.4, 0.5) is 21.1 Å². The lowest BCUT2D eigenvalue weighted by molar-refractivity contribution is -0.120. The average Bonchev–Trinajstić information content (AvgIpc) is 3.75. The lowest BCUT2D eigenvalue weighted by atomic mass is 9.79. The van der Waals surface area contributed by atoms with Crippen LogP contribution < -0.4 is 10.6 Å². The lowest BCUT2D eigenvalue weighted by Gasteiger charge is -2.29. The van der Waals surface area contributed by atoms with Crippen molar-refractivity contribution in [1.82, 2.24) is 19.7 Å². The molecule has 1 aromatic heterocycles. The summed E-state index contributed by atoms with van der Waals surface area (Å²) in [7, 11) is 1.68. The van der Waals surface area contributed by atoms with E-state index in [1.165, 1.54) is 4.90 Å². The van der Waals surface area contributed by atoms with E-state index in [0.29, 0.717) is 37.4 Å². The Labute approximate surface area is 275 Å². The maximum absolute atomic E-state index is 13.7. The third kappa shape index (κ3) is 6.79. The van der Waals surface area contributed by atoms with E-state index >= 15 is 0 Å². The van der Waals surface area contributed by atoms with Crippen molar-refractivity contribution >= 4 is 35.4 Å². The minimum atomic E-state index is -0.696. The molecule has 11 nitrogen and oxygen atoms in total. The Morgan fingerprint density at radius 1 is 0.979 bits per heavy atom. The molecule has 3 heterocycles. The van der Waals surface area contributed by atoms with Crippen LogP contribution in [0.2, 0.25) is 0 Å². The van der Waals surface area contributed by atoms with Crippen molar-refractivity contribution in [3.05, 3.63) is 88.6 Å². The molecule has 3 aliphatic rings. The third-order valence-electron chi connectivity index (χ3n) is 9.04. The number of hydrogen-bond acceptors (Lipinski definition) is 6. The number of urea groups is 1. The second-order valence-electron chi connectivity index (χ2n) is 13.8. The summed E-state index contributed by atoms with van der Waals surface area (Å²) in [6.45, 7) is 7.12. The summed E-state index contributed by atoms with van der Waals surface area (Å²) >= 11 is 0. The quantitative estimate of drug-likeness (QED) is 0.372. The van der Waals surface area contributed by atoms with Gasteiger partial charge >= 0.3 is 12.1 Å². The molecular formula is C36H42N6O5. The molecule has 2 aromatic carbocycles. The largest absolute Gasteiger partial charge is 0.444 e. The summed E-state index contributed by atoms with van der Waals surface area (Å²) < 4.78 is 5.52. The minimum Gasteiger partial charge on any atom is -0.444 e. The normalized spacial score (nSPS) is 18.0. The van der Waals surface area contributed by atoms with Gasteiger partial charge in [0.15, 0.2) is 0 Å². The highest BCUT2D eigenvalue weighted by molar-refractivity contribution is 6.06. The average molecular weight is 639 g/mol. The van der Waals surface area contributed by atoms with Crippen molar-refractivity contribution in [3.63, 3.8) is 0 Å². The number of pyridine rings is 1. The zero-order chi connectivity index (χ0) is 33.3. The van der Waals surface area contributed by atoms with Crippen LogP contribution in [-0.2, 0) is 45.7 Å². The Morgan fingerprint density at radius 2 is 1.68 bits per heavy atom. The molecule has 246 valence electrons. The number of fused-ring (bicyclic) bond motifs is 3. The molecule has 1 saturated heterocycles. The van der Waals surface area contributed by atoms with Crippen LogP contribution in [0.3, 0.4) is 0 Å². The van der Waals surface area contributed by atoms with Crippen molar-refractivity contribution in [2.24, 2.45) is 0 Å². The summed E-state index contributed by atoms with van der Waals surface area (Å²) in [6, 6.07) is 17.0. The van der Waals surface area contributed by atoms with Gasteiger partial charge in [-0.25, -0.2) is 14.6 Å². The second-order valence-corrected chi connectivity index (χ2v) is 13.8. The molecule has 5 amide bonds. The van der Waals surface area contributed by atoms with Crippen molar-refractivity contribution in [2.75, 3.05) is 37.3 Å². The van der Waals surface area contributed by atoms with Crippen LogP contribution in [0, 0.1) is 0 Å². The van der Waals surface area contributed by atoms with Crippen LogP contribution in [0.5, 0.6) is 0 Å². The fraction of sp³-hybridized carbons (Fsp3) is 0.417. The number of amides is 5. The van der Waals surface area contributed by atoms with Gasteiger partial charge in [-0.3, -0.25) is 9.59 Å². The van der Waals surface area contributed by atoms with Gasteiger partial charge in [0.05, 0.1) is 5.41 Å². The number of rotatable bonds is 7. The van der Waals surface area contributed by atoms with Crippen molar-refractivity contribution < 1.29 is 23.9 Å². The third-order valence-corrected chi connectivity index (χ3v) is 9.04. The predicted octanol–water partition coefficient (Wildman–Crippen LogP) is 5.09. The first-order chi connectivity index (χ1) is 22.4. The Kier molecular flexibility index (Phi) is 8.65. The van der Waals surface area contributed by atoms with E-state index in [4.69, 9.17) is 4.74 Å². The molecule has 1 aliphatic carbocycles. The van der Waals surface area contributed by atoms with Gasteiger partial charge in [-0.05, 0) is 86.9 Å². The predicted molar refractivity (Wildman–Crippen MR) is 178 cm³/mol. The van der Waals surface area contributed by atoms with Gasteiger partial charge in [0.25, 0.3) is 0 Å². The number of anilines is 2. The van der Waals surface area contributed by atoms with Gasteiger partial charge < -0.3 is 30.1 Å². The molecular weight excluding hydrogens is 596 g/mol. The molecule has 1 fully saturated rings. The Balaban J connectivity index is 1.17. The van der Waals surface area contributed by atoms with E-state index in [1.807, 2.05) is 75.4 Å². The van der Waals surface area contributed by atoms with Crippen molar-refractivity contribution in [2.45, 2.75) is 70.6 Å². The van der Waals surface area contributed by atoms with Crippen LogP contribution >= 0.6 is 0 Å². The monoisotopic (exact) mass is 638 g/mol. The standard InChI is InChI=1S/C36H42N6O5/c1-35(2,3)47-34(46)40(4)21-25-10-5-6-11-26(25)22-42(33(45)41-16-7-8-17-41)23-30(43)38-28-14-13-24-19-36(20-27(24)18-28)29-12-9-15-37-31(29)39-32(36)44/h5-6,9-15,18H,7-8,16-17,19-23H2,1-4H3,(H,38,43)(H,37,39,44). The van der Waals surface area contributed by atoms with E-state index in [9.17, 15) is 19.2 Å². The number of benzene rings is 2. The minimum absolute atomic E-state index is 0.0541. The van der Waals surface area contributed by atoms with Gasteiger partial charge in [-0.15, -0.1) is 0 Å². The summed E-state index contributed by atoms with van der Waals surface area (Å²) in [4.78, 5) is 62.2. The van der Waals surface area contributed by atoms with Gasteiger partial charge in [0.2, 0.25) is 11.8 Å². The Morgan fingerprint density at radius 3 is 2.40 bits per heavy atom. The maximum atomic E-state index is 13.7. The molecule has 0 radical (unpaired) electrons. The van der Waals surface area contributed by atoms with E-state index in [2.05, 4.69) is 15.6 Å². The molecule has 47 heavy (non-hydrogen) atoms. The zero-order valence-electron chi connectivity index (χ0n) is 27.5. The molecule has 6 rings (SSSR count). The van der Waals surface area contributed by atoms with E-state index in [1.54, 1.807) is 23.0 Å². The number of ether oxygens (including phenoxy) is 1. The van der Waals surface area contributed by atoms with Crippen LogP contribution in [0.25, 0.3) is 0 Å². The van der Waals surface area contributed by atoms with Crippen LogP contribution in [-0.4, -0.2) is 75.9 Å². The summed E-state index contributed by atoms with van der Waals surface area (Å²) in [5.74, 6) is 0.239. The lowest BCUT2D eigenvalue weighted by Crippen LogP contribution is -2.45. The van der Waals surface area contributed by atoms with Crippen molar-refractivity contribution in [1.29, 1.82) is 0 Å². The number of nitrogens with zero attached hydrogens (tertiary/aromatic N) is 4. The number of carbonyl (C=O) groups is 4. The first kappa shape index (κ1) is 32.0. The van der Waals surface area contributed by atoms with E-state index < -0.39 is 17.1 Å². The number of carbonyl (C=O) groups excluding carboxylic acids is 4. The molecule has 0 saturated carbocycles. The zero-order valence-corrected chi connectivity index (χ0v) is 27.5. The molecule has 1 spiro atoms. The topological polar surface area (TPSA) is 124 Å². The summed E-state index contributed by atoms with van der Waals surface area (Å²) in [6.07, 6.45) is 4.18. The summed E-state index contributed by atoms with van der Waals surface area (Å²) in [5, 5.41) is 5.92. The number of hydrogen-bond donors (Lipinski definition) is 2. The fourth-order valence-electron chi connectivity index (χ4n) is 6.75. The molecule has 11 heteroatoms. The molecule has 2 N–H and O–H groups in total. The molecule has 0 bridgehead atoms. The molecule has 1 unspecified atom stereocenters. The Bertz CT molecular complexity index is 1710. The van der Waals surface area contributed by atoms with Gasteiger partial charge in [0, 0.05) is 50.7 Å². The van der Waals surface area contributed by atoms with E-state index in [0.717, 1.165) is 40.7 Å². The highest BCUT2D eigenvalue weighted by Gasteiger charge is 2.51. The van der Waals surface area contributed by atoms with Crippen LogP contribution in [0.1, 0.15) is 61.4 Å². The van der Waals surface area contributed by atoms with Gasteiger partial charge in [0.1, 0.15) is 18.0 Å².